The number of hydrogen-bond acceptors (Lipinski definition) is 5. The predicted molar refractivity (Wildman–Crippen MR) is 142 cm³/mol. The van der Waals surface area contributed by atoms with Gasteiger partial charge in [0.25, 0.3) is 15.9 Å². The van der Waals surface area contributed by atoms with E-state index in [4.69, 9.17) is 27.9 Å². The Morgan fingerprint density at radius 1 is 0.694 bits per heavy atom. The fourth-order valence-electron chi connectivity index (χ4n) is 3.19. The molecule has 0 radical (unpaired) electrons. The lowest BCUT2D eigenvalue weighted by molar-refractivity contribution is 0.0734. The minimum absolute atomic E-state index is 0.0594. The SMILES string of the molecule is O=C(Oc1ccc(N(C(=O)c2ccc(Cl)cc2)S(=O)(=O)c2ccc(Br)cc2)cc1)c1ccc(Cl)cc1. The molecule has 10 heteroatoms. The lowest BCUT2D eigenvalue weighted by Crippen LogP contribution is -2.37. The number of sulfonamides is 1. The summed E-state index contributed by atoms with van der Waals surface area (Å²) in [6, 6.07) is 23.6. The van der Waals surface area contributed by atoms with Crippen molar-refractivity contribution in [3.8, 4) is 5.75 Å². The molecule has 4 aromatic carbocycles. The van der Waals surface area contributed by atoms with E-state index in [1.54, 1.807) is 24.3 Å². The standard InChI is InChI=1S/C26H16BrCl2NO5S/c27-19-5-15-24(16-6-19)36(33,34)30(25(31)17-1-7-20(28)8-2-17)22-11-13-23(14-12-22)35-26(32)18-3-9-21(29)10-4-18/h1-16H. The molecule has 36 heavy (non-hydrogen) atoms. The molecule has 6 nitrogen and oxygen atoms in total. The van der Waals surface area contributed by atoms with Crippen LogP contribution in [-0.4, -0.2) is 20.3 Å². The average Bonchev–Trinajstić information content (AvgIpc) is 2.86. The molecule has 0 N–H and O–H groups in total. The Kier molecular flexibility index (Phi) is 7.80. The van der Waals surface area contributed by atoms with E-state index in [0.29, 0.717) is 24.4 Å². The van der Waals surface area contributed by atoms with Gasteiger partial charge >= 0.3 is 5.97 Å². The van der Waals surface area contributed by atoms with Crippen molar-refractivity contribution in [3.05, 3.63) is 123 Å². The van der Waals surface area contributed by atoms with E-state index in [-0.39, 0.29) is 21.9 Å². The Labute approximate surface area is 226 Å². The van der Waals surface area contributed by atoms with Crippen LogP contribution in [0.25, 0.3) is 0 Å². The number of halogens is 3. The molecule has 4 rings (SSSR count). The number of hydrogen-bond donors (Lipinski definition) is 0. The zero-order chi connectivity index (χ0) is 25.9. The van der Waals surface area contributed by atoms with Crippen molar-refractivity contribution >= 4 is 66.7 Å². The molecule has 0 atom stereocenters. The highest BCUT2D eigenvalue weighted by Gasteiger charge is 2.32. The van der Waals surface area contributed by atoms with Crippen LogP contribution in [-0.2, 0) is 10.0 Å². The maximum atomic E-state index is 13.6. The van der Waals surface area contributed by atoms with Gasteiger partial charge < -0.3 is 4.74 Å². The number of carbonyl (C=O) groups excluding carboxylic acids is 2. The summed E-state index contributed by atoms with van der Waals surface area (Å²) in [6.45, 7) is 0. The summed E-state index contributed by atoms with van der Waals surface area (Å²) < 4.78 is 33.9. The van der Waals surface area contributed by atoms with Crippen LogP contribution in [0.4, 0.5) is 5.69 Å². The van der Waals surface area contributed by atoms with Crippen LogP contribution in [0.15, 0.2) is 106 Å². The number of benzene rings is 4. The summed E-state index contributed by atoms with van der Waals surface area (Å²) in [5.74, 6) is -1.23. The molecule has 4 aromatic rings. The van der Waals surface area contributed by atoms with Crippen LogP contribution in [0, 0.1) is 0 Å². The number of nitrogens with zero attached hydrogens (tertiary/aromatic N) is 1. The largest absolute Gasteiger partial charge is 0.423 e. The molecule has 0 unspecified atom stereocenters. The smallest absolute Gasteiger partial charge is 0.343 e. The van der Waals surface area contributed by atoms with E-state index in [1.807, 2.05) is 0 Å². The second-order valence-electron chi connectivity index (χ2n) is 7.43. The molecule has 0 spiro atoms. The Bertz CT molecular complexity index is 1510. The quantitative estimate of drug-likeness (QED) is 0.175. The van der Waals surface area contributed by atoms with Crippen molar-refractivity contribution in [1.29, 1.82) is 0 Å². The third-order valence-electron chi connectivity index (χ3n) is 4.99. The molecular weight excluding hydrogens is 589 g/mol. The molecule has 0 aromatic heterocycles. The van der Waals surface area contributed by atoms with E-state index in [2.05, 4.69) is 15.9 Å². The van der Waals surface area contributed by atoms with Gasteiger partial charge in [-0.15, -0.1) is 0 Å². The van der Waals surface area contributed by atoms with Gasteiger partial charge in [0.2, 0.25) is 0 Å². The van der Waals surface area contributed by atoms with Crippen LogP contribution < -0.4 is 9.04 Å². The van der Waals surface area contributed by atoms with Gasteiger partial charge in [-0.2, -0.15) is 4.31 Å². The van der Waals surface area contributed by atoms with E-state index in [0.717, 1.165) is 0 Å². The van der Waals surface area contributed by atoms with Crippen LogP contribution >= 0.6 is 39.1 Å². The summed E-state index contributed by atoms with van der Waals surface area (Å²) >= 11 is 15.1. The second-order valence-corrected chi connectivity index (χ2v) is 11.0. The summed E-state index contributed by atoms with van der Waals surface area (Å²) in [6.07, 6.45) is 0. The van der Waals surface area contributed by atoms with E-state index >= 15 is 0 Å². The van der Waals surface area contributed by atoms with Crippen molar-refractivity contribution in [2.45, 2.75) is 4.90 Å². The first kappa shape index (κ1) is 25.9. The zero-order valence-corrected chi connectivity index (χ0v) is 22.2. The fraction of sp³-hybridized carbons (Fsp3) is 0. The Hall–Kier alpha value is -3.17. The van der Waals surface area contributed by atoms with E-state index < -0.39 is 21.9 Å². The molecule has 0 aliphatic rings. The Morgan fingerprint density at radius 2 is 1.19 bits per heavy atom. The monoisotopic (exact) mass is 603 g/mol. The fourth-order valence-corrected chi connectivity index (χ4v) is 5.12. The molecule has 0 saturated heterocycles. The maximum Gasteiger partial charge on any atom is 0.343 e. The van der Waals surface area contributed by atoms with Gasteiger partial charge in [-0.05, 0) is 97.1 Å². The highest BCUT2D eigenvalue weighted by molar-refractivity contribution is 9.10. The minimum atomic E-state index is -4.30. The molecule has 182 valence electrons. The highest BCUT2D eigenvalue weighted by atomic mass is 79.9. The molecule has 1 amide bonds. The number of rotatable bonds is 6. The first-order valence-corrected chi connectivity index (χ1v) is 13.3. The lowest BCUT2D eigenvalue weighted by Gasteiger charge is -2.23. The maximum absolute atomic E-state index is 13.6. The molecule has 0 bridgehead atoms. The molecule has 0 aliphatic carbocycles. The molecule has 0 heterocycles. The van der Waals surface area contributed by atoms with E-state index in [9.17, 15) is 18.0 Å². The third kappa shape index (κ3) is 5.79. The van der Waals surface area contributed by atoms with Crippen molar-refractivity contribution in [2.75, 3.05) is 4.31 Å². The van der Waals surface area contributed by atoms with Crippen molar-refractivity contribution < 1.29 is 22.7 Å². The van der Waals surface area contributed by atoms with Gasteiger partial charge in [-0.1, -0.05) is 39.1 Å². The number of esters is 1. The summed E-state index contributed by atoms with van der Waals surface area (Å²) in [7, 11) is -4.30. The van der Waals surface area contributed by atoms with Gasteiger partial charge in [0.05, 0.1) is 16.1 Å². The zero-order valence-electron chi connectivity index (χ0n) is 18.3. The van der Waals surface area contributed by atoms with Crippen molar-refractivity contribution in [1.82, 2.24) is 0 Å². The number of carbonyl (C=O) groups is 2. The van der Waals surface area contributed by atoms with Crippen LogP contribution in [0.3, 0.4) is 0 Å². The first-order chi connectivity index (χ1) is 17.1. The Morgan fingerprint density at radius 3 is 1.72 bits per heavy atom. The predicted octanol–water partition coefficient (Wildman–Crippen LogP) is 7.01. The van der Waals surface area contributed by atoms with Gasteiger partial charge in [0.1, 0.15) is 5.75 Å². The molecule has 0 fully saturated rings. The summed E-state index contributed by atoms with van der Waals surface area (Å²) in [4.78, 5) is 25.7. The van der Waals surface area contributed by atoms with Gasteiger partial charge in [0, 0.05) is 20.1 Å². The number of anilines is 1. The first-order valence-electron chi connectivity index (χ1n) is 10.3. The topological polar surface area (TPSA) is 80.8 Å². The molecular formula is C26H16BrCl2NO5S. The second kappa shape index (κ2) is 10.8. The minimum Gasteiger partial charge on any atom is -0.423 e. The molecule has 0 saturated carbocycles. The van der Waals surface area contributed by atoms with E-state index in [1.165, 1.54) is 72.8 Å². The number of ether oxygens (including phenoxy) is 1. The van der Waals surface area contributed by atoms with Crippen molar-refractivity contribution in [3.63, 3.8) is 0 Å². The Balaban J connectivity index is 1.69. The molecule has 0 aliphatic heterocycles. The van der Waals surface area contributed by atoms with Gasteiger partial charge in [0.15, 0.2) is 0 Å². The van der Waals surface area contributed by atoms with Gasteiger partial charge in [-0.3, -0.25) is 4.79 Å². The highest BCUT2D eigenvalue weighted by Crippen LogP contribution is 2.29. The van der Waals surface area contributed by atoms with Crippen molar-refractivity contribution in [2.24, 2.45) is 0 Å². The average molecular weight is 605 g/mol. The van der Waals surface area contributed by atoms with Crippen LogP contribution in [0.1, 0.15) is 20.7 Å². The summed E-state index contributed by atoms with van der Waals surface area (Å²) in [5.41, 5.74) is 0.475. The van der Waals surface area contributed by atoms with Gasteiger partial charge in [-0.25, -0.2) is 13.2 Å². The van der Waals surface area contributed by atoms with Crippen LogP contribution in [0.2, 0.25) is 10.0 Å². The third-order valence-corrected chi connectivity index (χ3v) is 7.75. The summed E-state index contributed by atoms with van der Waals surface area (Å²) in [5, 5.41) is 0.883. The lowest BCUT2D eigenvalue weighted by atomic mass is 10.2. The normalized spacial score (nSPS) is 11.1. The number of amides is 1. The van der Waals surface area contributed by atoms with Crippen LogP contribution in [0.5, 0.6) is 5.75 Å².